The number of carbonyl (C=O) groups is 1. The van der Waals surface area contributed by atoms with E-state index in [1.807, 2.05) is 0 Å². The van der Waals surface area contributed by atoms with Gasteiger partial charge in [0, 0.05) is 10.9 Å². The Morgan fingerprint density at radius 2 is 1.92 bits per heavy atom. The van der Waals surface area contributed by atoms with Gasteiger partial charge in [-0.25, -0.2) is 13.4 Å². The van der Waals surface area contributed by atoms with Gasteiger partial charge in [0.25, 0.3) is 0 Å². The second-order valence-corrected chi connectivity index (χ2v) is 10.0. The number of hydrogen-bond acceptors (Lipinski definition) is 6. The maximum atomic E-state index is 12.2. The van der Waals surface area contributed by atoms with Gasteiger partial charge in [-0.15, -0.1) is 22.7 Å². The monoisotopic (exact) mass is 432 g/mol. The fraction of sp³-hybridized carbons (Fsp3) is 0.0667. The molecule has 1 amide bonds. The summed E-state index contributed by atoms with van der Waals surface area (Å²) in [6.45, 7) is 0. The van der Waals surface area contributed by atoms with Crippen LogP contribution in [-0.4, -0.2) is 25.1 Å². The molecule has 0 bridgehead atoms. The van der Waals surface area contributed by atoms with Crippen molar-refractivity contribution >= 4 is 66.8 Å². The Hall–Kier alpha value is -1.45. The lowest BCUT2D eigenvalue weighted by molar-refractivity contribution is -0.113. The zero-order valence-corrected chi connectivity index (χ0v) is 16.4. The van der Waals surface area contributed by atoms with Crippen molar-refractivity contribution in [3.63, 3.8) is 0 Å². The molecular weight excluding hydrogens is 423 g/mol. The van der Waals surface area contributed by atoms with Crippen molar-refractivity contribution in [2.45, 2.75) is 4.90 Å². The third kappa shape index (κ3) is 4.39. The molecule has 2 heterocycles. The van der Waals surface area contributed by atoms with Gasteiger partial charge in [0.05, 0.1) is 14.9 Å². The first-order valence-corrected chi connectivity index (χ1v) is 10.9. The van der Waals surface area contributed by atoms with Crippen LogP contribution >= 0.6 is 45.9 Å². The standard InChI is InChI=1S/C15H10Cl2N2O3S3/c16-12-6-10(14(17)24-12)11-7-23-15(18-11)19-13(20)8-25(21,22)9-4-2-1-3-5-9/h1-7H,8H2,(H,18,19,20). The van der Waals surface area contributed by atoms with Crippen molar-refractivity contribution in [2.75, 3.05) is 11.1 Å². The smallest absolute Gasteiger partial charge is 0.241 e. The number of thiophene rings is 1. The molecule has 3 aromatic rings. The van der Waals surface area contributed by atoms with E-state index < -0.39 is 21.5 Å². The maximum Gasteiger partial charge on any atom is 0.241 e. The van der Waals surface area contributed by atoms with E-state index in [2.05, 4.69) is 10.3 Å². The van der Waals surface area contributed by atoms with Gasteiger partial charge < -0.3 is 5.32 Å². The lowest BCUT2D eigenvalue weighted by atomic mass is 10.3. The lowest BCUT2D eigenvalue weighted by Crippen LogP contribution is -2.22. The minimum Gasteiger partial charge on any atom is -0.301 e. The highest BCUT2D eigenvalue weighted by atomic mass is 35.5. The van der Waals surface area contributed by atoms with Gasteiger partial charge in [0.2, 0.25) is 5.91 Å². The van der Waals surface area contributed by atoms with Crippen LogP contribution in [0.1, 0.15) is 0 Å². The SMILES string of the molecule is O=C(CS(=O)(=O)c1ccccc1)Nc1nc(-c2cc(Cl)sc2Cl)cs1. The summed E-state index contributed by atoms with van der Waals surface area (Å²) in [5.41, 5.74) is 1.24. The topological polar surface area (TPSA) is 76.1 Å². The van der Waals surface area contributed by atoms with E-state index in [4.69, 9.17) is 23.2 Å². The van der Waals surface area contributed by atoms with Crippen LogP contribution in [0, 0.1) is 0 Å². The second kappa shape index (κ2) is 7.43. The number of amides is 1. The molecule has 0 saturated carbocycles. The number of rotatable bonds is 5. The van der Waals surface area contributed by atoms with Crippen molar-refractivity contribution in [3.8, 4) is 11.3 Å². The number of anilines is 1. The van der Waals surface area contributed by atoms with Gasteiger partial charge in [-0.2, -0.15) is 0 Å². The molecule has 2 aromatic heterocycles. The highest BCUT2D eigenvalue weighted by Gasteiger charge is 2.20. The Kier molecular flexibility index (Phi) is 5.45. The summed E-state index contributed by atoms with van der Waals surface area (Å²) in [6.07, 6.45) is 0. The number of sulfone groups is 1. The molecule has 1 N–H and O–H groups in total. The molecule has 0 aliphatic carbocycles. The molecule has 0 fully saturated rings. The van der Waals surface area contributed by atoms with E-state index in [0.29, 0.717) is 25.1 Å². The van der Waals surface area contributed by atoms with Gasteiger partial charge in [0.1, 0.15) is 10.1 Å². The van der Waals surface area contributed by atoms with Crippen LogP contribution in [0.5, 0.6) is 0 Å². The van der Waals surface area contributed by atoms with E-state index in [1.54, 1.807) is 29.6 Å². The highest BCUT2D eigenvalue weighted by molar-refractivity contribution is 7.92. The number of carbonyl (C=O) groups excluding carboxylic acids is 1. The molecule has 3 rings (SSSR count). The van der Waals surface area contributed by atoms with Crippen LogP contribution in [-0.2, 0) is 14.6 Å². The van der Waals surface area contributed by atoms with Crippen molar-refractivity contribution in [2.24, 2.45) is 0 Å². The van der Waals surface area contributed by atoms with Gasteiger partial charge in [-0.3, -0.25) is 4.79 Å². The minimum atomic E-state index is -3.70. The van der Waals surface area contributed by atoms with Crippen molar-refractivity contribution in [1.82, 2.24) is 4.98 Å². The van der Waals surface area contributed by atoms with Crippen molar-refractivity contribution in [3.05, 3.63) is 50.5 Å². The molecule has 10 heteroatoms. The number of hydrogen-bond donors (Lipinski definition) is 1. The number of nitrogens with one attached hydrogen (secondary N) is 1. The Balaban J connectivity index is 1.71. The Labute approximate surface area is 162 Å². The lowest BCUT2D eigenvalue weighted by Gasteiger charge is -2.04. The summed E-state index contributed by atoms with van der Waals surface area (Å²) in [6, 6.07) is 9.51. The van der Waals surface area contributed by atoms with Crippen LogP contribution in [0.2, 0.25) is 8.67 Å². The second-order valence-electron chi connectivity index (χ2n) is 4.90. The molecule has 130 valence electrons. The Bertz CT molecular complexity index is 1010. The molecule has 5 nitrogen and oxygen atoms in total. The molecule has 0 aliphatic rings. The first-order valence-electron chi connectivity index (χ1n) is 6.83. The largest absolute Gasteiger partial charge is 0.301 e. The first-order chi connectivity index (χ1) is 11.8. The molecule has 1 aromatic carbocycles. The van der Waals surface area contributed by atoms with Crippen LogP contribution in [0.15, 0.2) is 46.7 Å². The number of halogens is 2. The summed E-state index contributed by atoms with van der Waals surface area (Å²) < 4.78 is 25.4. The number of benzene rings is 1. The summed E-state index contributed by atoms with van der Waals surface area (Å²) >= 11 is 14.4. The number of thiazole rings is 1. The molecule has 0 aliphatic heterocycles. The predicted octanol–water partition coefficient (Wildman–Crippen LogP) is 4.59. The van der Waals surface area contributed by atoms with Gasteiger partial charge in [-0.1, -0.05) is 41.4 Å². The first kappa shape index (κ1) is 18.3. The van der Waals surface area contributed by atoms with Crippen LogP contribution in [0.25, 0.3) is 11.3 Å². The van der Waals surface area contributed by atoms with Crippen LogP contribution in [0.4, 0.5) is 5.13 Å². The third-order valence-corrected chi connectivity index (χ3v) is 6.98. The molecule has 0 atom stereocenters. The molecule has 0 unspecified atom stereocenters. The summed E-state index contributed by atoms with van der Waals surface area (Å²) in [5, 5.41) is 4.51. The number of aromatic nitrogens is 1. The molecular formula is C15H10Cl2N2O3S3. The predicted molar refractivity (Wildman–Crippen MR) is 103 cm³/mol. The van der Waals surface area contributed by atoms with Crippen molar-refractivity contribution in [1.29, 1.82) is 0 Å². The van der Waals surface area contributed by atoms with Crippen LogP contribution < -0.4 is 5.32 Å². The van der Waals surface area contributed by atoms with E-state index in [0.717, 1.165) is 0 Å². The van der Waals surface area contributed by atoms with E-state index >= 15 is 0 Å². The summed E-state index contributed by atoms with van der Waals surface area (Å²) in [5.74, 6) is -1.31. The number of nitrogens with zero attached hydrogens (tertiary/aromatic N) is 1. The Morgan fingerprint density at radius 3 is 2.56 bits per heavy atom. The summed E-state index contributed by atoms with van der Waals surface area (Å²) in [4.78, 5) is 16.4. The molecule has 0 radical (unpaired) electrons. The summed E-state index contributed by atoms with van der Waals surface area (Å²) in [7, 11) is -3.70. The highest BCUT2D eigenvalue weighted by Crippen LogP contribution is 2.38. The van der Waals surface area contributed by atoms with Gasteiger partial charge >= 0.3 is 0 Å². The fourth-order valence-electron chi connectivity index (χ4n) is 2.01. The van der Waals surface area contributed by atoms with E-state index in [-0.39, 0.29) is 4.90 Å². The zero-order valence-electron chi connectivity index (χ0n) is 12.4. The average molecular weight is 433 g/mol. The average Bonchev–Trinajstić information content (AvgIpc) is 3.13. The fourth-order valence-corrected chi connectivity index (χ4v) is 5.37. The van der Waals surface area contributed by atoms with Gasteiger partial charge in [0.15, 0.2) is 15.0 Å². The molecule has 0 spiro atoms. The minimum absolute atomic E-state index is 0.102. The van der Waals surface area contributed by atoms with Crippen molar-refractivity contribution < 1.29 is 13.2 Å². The Morgan fingerprint density at radius 1 is 1.20 bits per heavy atom. The normalized spacial score (nSPS) is 11.4. The van der Waals surface area contributed by atoms with E-state index in [1.165, 1.54) is 34.8 Å². The maximum absolute atomic E-state index is 12.2. The molecule has 25 heavy (non-hydrogen) atoms. The van der Waals surface area contributed by atoms with Crippen LogP contribution in [0.3, 0.4) is 0 Å². The van der Waals surface area contributed by atoms with Gasteiger partial charge in [-0.05, 0) is 18.2 Å². The molecule has 0 saturated heterocycles. The third-order valence-electron chi connectivity index (χ3n) is 3.11. The zero-order chi connectivity index (χ0) is 18.0. The quantitative estimate of drug-likeness (QED) is 0.639. The van der Waals surface area contributed by atoms with E-state index in [9.17, 15) is 13.2 Å².